The van der Waals surface area contributed by atoms with E-state index in [0.29, 0.717) is 5.56 Å². The molecule has 1 saturated carbocycles. The molecule has 210 valence electrons. The van der Waals surface area contributed by atoms with E-state index in [2.05, 4.69) is 5.32 Å². The first-order chi connectivity index (χ1) is 18.2. The molecule has 3 aliphatic carbocycles. The SMILES string of the molecule is CN(C)C(CO)C(=O)Nc1ccc2c(c1O)C(O)=C1C(=O)C3(O)C(O)=C(C(N)=O)C(=O)[C@@H](N(C)C)C3CC1C2. The molecule has 0 spiro atoms. The first kappa shape index (κ1) is 28.2. The molecule has 8 N–H and O–H groups in total. The molecule has 0 aromatic heterocycles. The van der Waals surface area contributed by atoms with Crippen molar-refractivity contribution in [3.8, 4) is 5.75 Å². The van der Waals surface area contributed by atoms with Gasteiger partial charge in [-0.05, 0) is 58.6 Å². The lowest BCUT2D eigenvalue weighted by Crippen LogP contribution is -2.65. The molecule has 0 heterocycles. The predicted molar refractivity (Wildman–Crippen MR) is 137 cm³/mol. The number of hydrogen-bond donors (Lipinski definition) is 7. The van der Waals surface area contributed by atoms with Crippen molar-refractivity contribution in [3.63, 3.8) is 0 Å². The Morgan fingerprint density at radius 2 is 1.79 bits per heavy atom. The van der Waals surface area contributed by atoms with Crippen molar-refractivity contribution >= 4 is 34.8 Å². The minimum Gasteiger partial charge on any atom is -0.508 e. The fourth-order valence-electron chi connectivity index (χ4n) is 6.02. The van der Waals surface area contributed by atoms with E-state index in [4.69, 9.17) is 5.73 Å². The highest BCUT2D eigenvalue weighted by molar-refractivity contribution is 6.24. The van der Waals surface area contributed by atoms with Gasteiger partial charge in [0, 0.05) is 11.5 Å². The number of phenolic OH excluding ortho intramolecular Hbond substituents is 1. The Hall–Kier alpha value is -3.78. The summed E-state index contributed by atoms with van der Waals surface area (Å²) in [5, 5.41) is 56.8. The third kappa shape index (κ3) is 4.09. The average molecular weight is 545 g/mol. The van der Waals surface area contributed by atoms with Crippen molar-refractivity contribution in [1.82, 2.24) is 9.80 Å². The molecular formula is C26H32N4O9. The smallest absolute Gasteiger partial charge is 0.255 e. The van der Waals surface area contributed by atoms with E-state index < -0.39 is 82.3 Å². The molecule has 1 aromatic rings. The van der Waals surface area contributed by atoms with Gasteiger partial charge >= 0.3 is 0 Å². The lowest BCUT2D eigenvalue weighted by Gasteiger charge is -2.50. The fraction of sp³-hybridized carbons (Fsp3) is 0.462. The highest BCUT2D eigenvalue weighted by Crippen LogP contribution is 2.53. The minimum absolute atomic E-state index is 0.0218. The summed E-state index contributed by atoms with van der Waals surface area (Å²) in [5.74, 6) is -8.10. The van der Waals surface area contributed by atoms with Gasteiger partial charge in [-0.25, -0.2) is 0 Å². The van der Waals surface area contributed by atoms with Gasteiger partial charge < -0.3 is 36.6 Å². The lowest BCUT2D eigenvalue weighted by atomic mass is 9.57. The van der Waals surface area contributed by atoms with Crippen LogP contribution in [-0.4, -0.2) is 111 Å². The maximum absolute atomic E-state index is 13.8. The van der Waals surface area contributed by atoms with E-state index in [-0.39, 0.29) is 29.7 Å². The van der Waals surface area contributed by atoms with Gasteiger partial charge in [0.05, 0.1) is 23.9 Å². The van der Waals surface area contributed by atoms with E-state index in [9.17, 15) is 44.7 Å². The van der Waals surface area contributed by atoms with Crippen molar-refractivity contribution in [2.24, 2.45) is 17.6 Å². The number of fused-ring (bicyclic) bond motifs is 3. The van der Waals surface area contributed by atoms with Gasteiger partial charge in [-0.1, -0.05) is 6.07 Å². The van der Waals surface area contributed by atoms with Crippen LogP contribution in [0.25, 0.3) is 5.76 Å². The van der Waals surface area contributed by atoms with Crippen LogP contribution in [0.4, 0.5) is 5.69 Å². The van der Waals surface area contributed by atoms with Crippen LogP contribution in [0, 0.1) is 11.8 Å². The van der Waals surface area contributed by atoms with E-state index >= 15 is 0 Å². The Bertz CT molecular complexity index is 1350. The maximum Gasteiger partial charge on any atom is 0.255 e. The molecule has 1 fully saturated rings. The number of likely N-dealkylation sites (N-methyl/N-ethyl adjacent to an activating group) is 2. The summed E-state index contributed by atoms with van der Waals surface area (Å²) in [6.45, 7) is -0.490. The van der Waals surface area contributed by atoms with E-state index in [1.807, 2.05) is 0 Å². The van der Waals surface area contributed by atoms with E-state index in [0.717, 1.165) is 0 Å². The van der Waals surface area contributed by atoms with E-state index in [1.165, 1.54) is 30.0 Å². The Labute approximate surface area is 223 Å². The molecule has 0 bridgehead atoms. The number of carbonyl (C=O) groups is 4. The fourth-order valence-corrected chi connectivity index (χ4v) is 6.02. The number of carbonyl (C=O) groups excluding carboxylic acids is 4. The predicted octanol–water partition coefficient (Wildman–Crippen LogP) is -1.17. The van der Waals surface area contributed by atoms with E-state index in [1.54, 1.807) is 20.2 Å². The third-order valence-electron chi connectivity index (χ3n) is 7.95. The van der Waals surface area contributed by atoms with Crippen molar-refractivity contribution in [3.05, 3.63) is 40.2 Å². The van der Waals surface area contributed by atoms with Crippen LogP contribution in [0.15, 0.2) is 29.0 Å². The first-order valence-corrected chi connectivity index (χ1v) is 12.3. The molecule has 0 saturated heterocycles. The summed E-state index contributed by atoms with van der Waals surface area (Å²) in [5.41, 5.74) is 1.63. The summed E-state index contributed by atoms with van der Waals surface area (Å²) >= 11 is 0. The second kappa shape index (κ2) is 9.75. The standard InChI is InChI=1S/C26H32N4O9/c1-29(2)14(9-31)25(38)28-13-6-5-10-7-11-8-12-18(30(3)4)21(34)17(24(27)37)23(36)26(12,39)22(35)16(11)20(33)15(10)19(13)32/h5-6,11-12,14,18,31-33,36,39H,7-9H2,1-4H3,(H2,27,37)(H,28,38)/t11?,12?,14?,18-,26?/m0/s1. The van der Waals surface area contributed by atoms with Crippen LogP contribution in [-0.2, 0) is 25.6 Å². The van der Waals surface area contributed by atoms with Crippen LogP contribution in [0.2, 0.25) is 0 Å². The van der Waals surface area contributed by atoms with Crippen molar-refractivity contribution in [2.75, 3.05) is 40.1 Å². The van der Waals surface area contributed by atoms with Gasteiger partial charge in [0.1, 0.15) is 28.9 Å². The summed E-state index contributed by atoms with van der Waals surface area (Å²) < 4.78 is 0. The van der Waals surface area contributed by atoms with Crippen LogP contribution < -0.4 is 11.1 Å². The number of ketones is 2. The highest BCUT2D eigenvalue weighted by Gasteiger charge is 2.64. The molecule has 39 heavy (non-hydrogen) atoms. The quantitative estimate of drug-likeness (QED) is 0.167. The Morgan fingerprint density at radius 3 is 2.33 bits per heavy atom. The minimum atomic E-state index is -2.73. The molecule has 13 heteroatoms. The largest absolute Gasteiger partial charge is 0.508 e. The van der Waals surface area contributed by atoms with Gasteiger partial charge in [0.25, 0.3) is 5.91 Å². The van der Waals surface area contributed by atoms with Gasteiger partial charge in [-0.2, -0.15) is 0 Å². The number of amides is 2. The number of aliphatic hydroxyl groups is 4. The van der Waals surface area contributed by atoms with Crippen LogP contribution in [0.3, 0.4) is 0 Å². The van der Waals surface area contributed by atoms with Crippen LogP contribution >= 0.6 is 0 Å². The Balaban J connectivity index is 1.84. The summed E-state index contributed by atoms with van der Waals surface area (Å²) in [7, 11) is 6.23. The number of aliphatic hydroxyl groups excluding tert-OH is 3. The van der Waals surface area contributed by atoms with Crippen LogP contribution in [0.1, 0.15) is 17.5 Å². The maximum atomic E-state index is 13.8. The second-order valence-electron chi connectivity index (χ2n) is 10.6. The number of aromatic hydroxyl groups is 1. The Morgan fingerprint density at radius 1 is 1.15 bits per heavy atom. The van der Waals surface area contributed by atoms with Gasteiger partial charge in [0.15, 0.2) is 11.4 Å². The van der Waals surface area contributed by atoms with Crippen molar-refractivity contribution in [1.29, 1.82) is 0 Å². The number of nitrogens with two attached hydrogens (primary N) is 1. The third-order valence-corrected chi connectivity index (χ3v) is 7.95. The van der Waals surface area contributed by atoms with Gasteiger partial charge in [-0.3, -0.25) is 29.0 Å². The van der Waals surface area contributed by atoms with Gasteiger partial charge in [0.2, 0.25) is 11.7 Å². The van der Waals surface area contributed by atoms with Gasteiger partial charge in [-0.15, -0.1) is 0 Å². The molecule has 1 aromatic carbocycles. The number of Topliss-reactive ketones (excluding diaryl/α,β-unsaturated/α-hetero) is 2. The monoisotopic (exact) mass is 544 g/mol. The average Bonchev–Trinajstić information content (AvgIpc) is 2.83. The highest BCUT2D eigenvalue weighted by atomic mass is 16.3. The molecule has 0 aliphatic heterocycles. The zero-order valence-electron chi connectivity index (χ0n) is 21.9. The normalized spacial score (nSPS) is 27.3. The molecule has 2 amide bonds. The number of phenols is 1. The Kier molecular flexibility index (Phi) is 7.06. The summed E-state index contributed by atoms with van der Waals surface area (Å²) in [4.78, 5) is 54.5. The number of hydrogen-bond acceptors (Lipinski definition) is 11. The number of rotatable bonds is 6. The number of anilines is 1. The van der Waals surface area contributed by atoms with Crippen LogP contribution in [0.5, 0.6) is 5.75 Å². The first-order valence-electron chi connectivity index (χ1n) is 12.3. The zero-order valence-corrected chi connectivity index (χ0v) is 21.9. The lowest BCUT2D eigenvalue weighted by molar-refractivity contribution is -0.153. The molecular weight excluding hydrogens is 512 g/mol. The second-order valence-corrected chi connectivity index (χ2v) is 10.6. The number of benzene rings is 1. The number of nitrogens with zero attached hydrogens (tertiary/aromatic N) is 2. The molecule has 4 rings (SSSR count). The molecule has 3 aliphatic rings. The summed E-state index contributed by atoms with van der Waals surface area (Å²) in [6.07, 6.45) is 0.110. The van der Waals surface area contributed by atoms with Crippen molar-refractivity contribution < 1.29 is 44.7 Å². The molecule has 5 atom stereocenters. The molecule has 13 nitrogen and oxygen atoms in total. The number of primary amides is 1. The number of nitrogens with one attached hydrogen (secondary N) is 1. The topological polar surface area (TPSA) is 214 Å². The van der Waals surface area contributed by atoms with Crippen molar-refractivity contribution in [2.45, 2.75) is 30.5 Å². The zero-order chi connectivity index (χ0) is 29.1. The summed E-state index contributed by atoms with van der Waals surface area (Å²) in [6, 6.07) is 0.904. The molecule has 4 unspecified atom stereocenters. The molecule has 0 radical (unpaired) electrons.